The number of benzene rings is 1. The number of aromatic nitrogens is 2. The molecule has 36 heavy (non-hydrogen) atoms. The first-order chi connectivity index (χ1) is 17.1. The summed E-state index contributed by atoms with van der Waals surface area (Å²) in [7, 11) is 4.17. The number of thiazole rings is 2. The predicted octanol–water partition coefficient (Wildman–Crippen LogP) is 4.37. The van der Waals surface area contributed by atoms with E-state index in [9.17, 15) is 9.59 Å². The van der Waals surface area contributed by atoms with Gasteiger partial charge in [-0.15, -0.1) is 22.7 Å². The zero-order chi connectivity index (χ0) is 26.0. The van der Waals surface area contributed by atoms with E-state index in [4.69, 9.17) is 15.5 Å². The molecule has 1 saturated heterocycles. The summed E-state index contributed by atoms with van der Waals surface area (Å²) >= 11 is 2.80. The molecule has 3 N–H and O–H groups in total. The van der Waals surface area contributed by atoms with Crippen molar-refractivity contribution in [2.24, 2.45) is 5.73 Å². The maximum Gasteiger partial charge on any atom is 0.282 e. The summed E-state index contributed by atoms with van der Waals surface area (Å²) in [6.07, 6.45) is 1.90. The van der Waals surface area contributed by atoms with Crippen LogP contribution in [0.4, 0.5) is 10.8 Å². The number of nitrogens with zero attached hydrogens (tertiary/aromatic N) is 4. The third-order valence-corrected chi connectivity index (χ3v) is 7.99. The second kappa shape index (κ2) is 10.9. The lowest BCUT2D eigenvalue weighted by Gasteiger charge is -2.34. The van der Waals surface area contributed by atoms with E-state index in [2.05, 4.69) is 29.3 Å². The van der Waals surface area contributed by atoms with Crippen molar-refractivity contribution < 1.29 is 14.3 Å². The van der Waals surface area contributed by atoms with Gasteiger partial charge in [0.2, 0.25) is 5.91 Å². The Morgan fingerprint density at radius 3 is 2.58 bits per heavy atom. The van der Waals surface area contributed by atoms with E-state index >= 15 is 0 Å². The topological polar surface area (TPSA) is 114 Å². The van der Waals surface area contributed by atoms with E-state index in [0.29, 0.717) is 33.2 Å². The van der Waals surface area contributed by atoms with Gasteiger partial charge in [-0.3, -0.25) is 9.59 Å². The number of hydrogen-bond acceptors (Lipinski definition) is 9. The molecule has 192 valence electrons. The number of nitrogens with one attached hydrogen (secondary N) is 1. The Kier molecular flexibility index (Phi) is 7.91. The minimum absolute atomic E-state index is 0.0149. The fourth-order valence-electron chi connectivity index (χ4n) is 4.13. The number of ether oxygens (including phenoxy) is 1. The first-order valence-corrected chi connectivity index (χ1v) is 13.6. The largest absolute Gasteiger partial charge is 0.489 e. The molecule has 0 unspecified atom stereocenters. The lowest BCUT2D eigenvalue weighted by molar-refractivity contribution is 0.0662. The van der Waals surface area contributed by atoms with Crippen molar-refractivity contribution in [2.45, 2.75) is 45.8 Å². The number of likely N-dealkylation sites (tertiary alicyclic amines) is 1. The first kappa shape index (κ1) is 26.1. The molecule has 11 heteroatoms. The molecule has 0 aliphatic carbocycles. The van der Waals surface area contributed by atoms with Gasteiger partial charge >= 0.3 is 0 Å². The molecule has 0 atom stereocenters. The van der Waals surface area contributed by atoms with Crippen molar-refractivity contribution in [3.63, 3.8) is 0 Å². The van der Waals surface area contributed by atoms with Crippen LogP contribution in [0.5, 0.6) is 5.75 Å². The average Bonchev–Trinajstić information content (AvgIpc) is 3.45. The van der Waals surface area contributed by atoms with Gasteiger partial charge < -0.3 is 25.6 Å². The second-order valence-corrected chi connectivity index (χ2v) is 11.2. The fraction of sp³-hybridized carbons (Fsp3) is 0.440. The first-order valence-electron chi connectivity index (χ1n) is 11.9. The van der Waals surface area contributed by atoms with Crippen molar-refractivity contribution in [2.75, 3.05) is 32.5 Å². The molecule has 1 fully saturated rings. The number of amides is 2. The zero-order valence-electron chi connectivity index (χ0n) is 21.2. The van der Waals surface area contributed by atoms with Crippen LogP contribution in [0.25, 0.3) is 10.6 Å². The molecule has 2 amide bonds. The van der Waals surface area contributed by atoms with Crippen molar-refractivity contribution in [1.82, 2.24) is 19.8 Å². The van der Waals surface area contributed by atoms with Crippen molar-refractivity contribution in [1.29, 1.82) is 0 Å². The number of nitrogens with two attached hydrogens (primary N) is 1. The van der Waals surface area contributed by atoms with Crippen LogP contribution in [0.15, 0.2) is 23.6 Å². The molecular formula is C25H32N6O3S2. The highest BCUT2D eigenvalue weighted by Gasteiger charge is 2.27. The van der Waals surface area contributed by atoms with Crippen molar-refractivity contribution in [3.05, 3.63) is 39.8 Å². The summed E-state index contributed by atoms with van der Waals surface area (Å²) in [5.41, 5.74) is 7.98. The van der Waals surface area contributed by atoms with Crippen LogP contribution in [0.2, 0.25) is 0 Å². The molecule has 3 aromatic rings. The summed E-state index contributed by atoms with van der Waals surface area (Å²) in [5, 5.41) is 6.31. The molecule has 0 spiro atoms. The zero-order valence-corrected chi connectivity index (χ0v) is 22.8. The van der Waals surface area contributed by atoms with Gasteiger partial charge in [0.15, 0.2) is 10.1 Å². The smallest absolute Gasteiger partial charge is 0.282 e. The molecule has 0 radical (unpaired) electrons. The quantitative estimate of drug-likeness (QED) is 0.446. The number of hydrogen-bond donors (Lipinski definition) is 2. The molecule has 3 heterocycles. The van der Waals surface area contributed by atoms with Crippen LogP contribution < -0.4 is 15.8 Å². The average molecular weight is 529 g/mol. The number of rotatable bonds is 8. The highest BCUT2D eigenvalue weighted by Crippen LogP contribution is 2.36. The molecule has 2 aromatic heterocycles. The second-order valence-electron chi connectivity index (χ2n) is 9.33. The number of carbonyl (C=O) groups is 2. The lowest BCUT2D eigenvalue weighted by atomic mass is 10.0. The third-order valence-electron chi connectivity index (χ3n) is 6.07. The van der Waals surface area contributed by atoms with Gasteiger partial charge in [-0.1, -0.05) is 0 Å². The highest BCUT2D eigenvalue weighted by atomic mass is 32.1. The van der Waals surface area contributed by atoms with Crippen LogP contribution in [0.1, 0.15) is 52.5 Å². The van der Waals surface area contributed by atoms with Gasteiger partial charge in [-0.2, -0.15) is 0 Å². The lowest BCUT2D eigenvalue weighted by Crippen LogP contribution is -2.44. The number of anilines is 2. The van der Waals surface area contributed by atoms with Crippen molar-refractivity contribution >= 4 is 45.3 Å². The molecule has 1 aromatic carbocycles. The van der Waals surface area contributed by atoms with Gasteiger partial charge in [0.05, 0.1) is 28.1 Å². The van der Waals surface area contributed by atoms with Gasteiger partial charge in [0.1, 0.15) is 5.75 Å². The van der Waals surface area contributed by atoms with Gasteiger partial charge in [-0.25, -0.2) is 9.97 Å². The van der Waals surface area contributed by atoms with Crippen LogP contribution in [-0.4, -0.2) is 70.9 Å². The van der Waals surface area contributed by atoms with E-state index in [-0.39, 0.29) is 12.0 Å². The summed E-state index contributed by atoms with van der Waals surface area (Å²) in [6, 6.07) is 5.54. The van der Waals surface area contributed by atoms with Crippen LogP contribution in [-0.2, 0) is 0 Å². The molecule has 0 saturated carbocycles. The SMILES string of the molecule is Cc1nc(C(=O)N2CCC(N(C)C)CC2)sc1-c1csc(Nc2cc(C(N)=O)ccc2OC(C)C)n1. The standard InChI is InChI=1S/C25H32N6O3S2/c1-14(2)34-20-7-6-16(22(26)32)12-18(20)28-25-29-19(13-35-25)21-15(3)27-23(36-21)24(33)31-10-8-17(9-11-31)30(4)5/h6-7,12-14,17H,8-11H2,1-5H3,(H2,26,32)(H,28,29). The number of carbonyl (C=O) groups excluding carboxylic acids is 2. The predicted molar refractivity (Wildman–Crippen MR) is 145 cm³/mol. The maximum absolute atomic E-state index is 13.1. The number of piperidine rings is 1. The van der Waals surface area contributed by atoms with E-state index in [0.717, 1.165) is 42.2 Å². The summed E-state index contributed by atoms with van der Waals surface area (Å²) in [6.45, 7) is 7.25. The van der Waals surface area contributed by atoms with Crippen LogP contribution in [0, 0.1) is 6.92 Å². The molecule has 1 aliphatic rings. The summed E-state index contributed by atoms with van der Waals surface area (Å²) in [5.74, 6) is 0.0721. The summed E-state index contributed by atoms with van der Waals surface area (Å²) < 4.78 is 5.88. The normalized spacial score (nSPS) is 14.5. The Labute approximate surface area is 219 Å². The van der Waals surface area contributed by atoms with Crippen LogP contribution >= 0.6 is 22.7 Å². The fourth-order valence-corrected chi connectivity index (χ4v) is 5.92. The number of primary amides is 1. The van der Waals surface area contributed by atoms with E-state index in [1.54, 1.807) is 18.2 Å². The Hall–Kier alpha value is -3.02. The monoisotopic (exact) mass is 528 g/mol. The Morgan fingerprint density at radius 1 is 1.22 bits per heavy atom. The van der Waals surface area contributed by atoms with Gasteiger partial charge in [0.25, 0.3) is 5.91 Å². The maximum atomic E-state index is 13.1. The Morgan fingerprint density at radius 2 is 1.94 bits per heavy atom. The van der Waals surface area contributed by atoms with E-state index < -0.39 is 5.91 Å². The molecule has 1 aliphatic heterocycles. The molecule has 4 rings (SSSR count). The molecule has 0 bridgehead atoms. The minimum Gasteiger partial charge on any atom is -0.489 e. The van der Waals surface area contributed by atoms with Gasteiger partial charge in [0, 0.05) is 30.1 Å². The van der Waals surface area contributed by atoms with Crippen molar-refractivity contribution in [3.8, 4) is 16.3 Å². The van der Waals surface area contributed by atoms with Gasteiger partial charge in [-0.05, 0) is 65.9 Å². The number of aryl methyl sites for hydroxylation is 1. The van der Waals surface area contributed by atoms with E-state index in [1.807, 2.05) is 31.1 Å². The molecular weight excluding hydrogens is 496 g/mol. The van der Waals surface area contributed by atoms with Crippen LogP contribution in [0.3, 0.4) is 0 Å². The summed E-state index contributed by atoms with van der Waals surface area (Å²) in [4.78, 5) is 39.1. The minimum atomic E-state index is -0.516. The Balaban J connectivity index is 1.51. The Bertz CT molecular complexity index is 1240. The van der Waals surface area contributed by atoms with E-state index in [1.165, 1.54) is 22.7 Å². The molecule has 9 nitrogen and oxygen atoms in total. The highest BCUT2D eigenvalue weighted by molar-refractivity contribution is 7.18. The third kappa shape index (κ3) is 5.85.